The highest BCUT2D eigenvalue weighted by Crippen LogP contribution is 2.37. The normalized spacial score (nSPS) is 20.3. The molecule has 3 heterocycles. The third kappa shape index (κ3) is 2.87. The van der Waals surface area contributed by atoms with Gasteiger partial charge in [-0.25, -0.2) is 15.0 Å². The summed E-state index contributed by atoms with van der Waals surface area (Å²) in [6.07, 6.45) is 10.2. The lowest BCUT2D eigenvalue weighted by Crippen LogP contribution is -2.34. The quantitative estimate of drug-likeness (QED) is 0.693. The lowest BCUT2D eigenvalue weighted by Gasteiger charge is -2.28. The van der Waals surface area contributed by atoms with Crippen LogP contribution >= 0.6 is 0 Å². The molecule has 1 saturated heterocycles. The molecule has 1 aliphatic heterocycles. The Morgan fingerprint density at radius 1 is 1.00 bits per heavy atom. The van der Waals surface area contributed by atoms with Gasteiger partial charge in [-0.1, -0.05) is 25.0 Å². The molecule has 6 heteroatoms. The lowest BCUT2D eigenvalue weighted by atomic mass is 10.1. The first-order valence-corrected chi connectivity index (χ1v) is 10.3. The van der Waals surface area contributed by atoms with Crippen LogP contribution in [0, 0.1) is 6.92 Å². The van der Waals surface area contributed by atoms with Gasteiger partial charge in [0.05, 0.1) is 16.9 Å². The van der Waals surface area contributed by atoms with E-state index in [1.54, 1.807) is 0 Å². The van der Waals surface area contributed by atoms with Crippen LogP contribution < -0.4 is 10.5 Å². The Kier molecular flexibility index (Phi) is 4.34. The van der Waals surface area contributed by atoms with Gasteiger partial charge in [0.15, 0.2) is 0 Å². The molecule has 28 heavy (non-hydrogen) atoms. The van der Waals surface area contributed by atoms with Crippen molar-refractivity contribution in [2.24, 2.45) is 0 Å². The number of aryl methyl sites for hydroxylation is 1. The van der Waals surface area contributed by atoms with Crippen LogP contribution in [0.4, 0.5) is 5.95 Å². The highest BCUT2D eigenvalue weighted by atomic mass is 16.1. The first-order chi connectivity index (χ1) is 13.7. The van der Waals surface area contributed by atoms with Gasteiger partial charge in [0.2, 0.25) is 5.95 Å². The molecule has 144 valence electrons. The van der Waals surface area contributed by atoms with Crippen LogP contribution in [0.5, 0.6) is 0 Å². The van der Waals surface area contributed by atoms with Crippen molar-refractivity contribution in [3.8, 4) is 0 Å². The second-order valence-electron chi connectivity index (χ2n) is 8.01. The molecule has 0 spiro atoms. The molecule has 0 N–H and O–H groups in total. The third-order valence-electron chi connectivity index (χ3n) is 6.10. The zero-order valence-electron chi connectivity index (χ0n) is 16.2. The maximum atomic E-state index is 13.5. The van der Waals surface area contributed by atoms with Gasteiger partial charge in [-0.15, -0.1) is 0 Å². The van der Waals surface area contributed by atoms with E-state index in [0.717, 1.165) is 55.1 Å². The van der Waals surface area contributed by atoms with Gasteiger partial charge in [-0.3, -0.25) is 9.36 Å². The Morgan fingerprint density at radius 2 is 1.75 bits per heavy atom. The Morgan fingerprint density at radius 3 is 2.54 bits per heavy atom. The average molecular weight is 375 g/mol. The third-order valence-corrected chi connectivity index (χ3v) is 6.10. The fourth-order valence-electron chi connectivity index (χ4n) is 4.72. The lowest BCUT2D eigenvalue weighted by molar-refractivity contribution is 0.453. The fraction of sp³-hybridized carbons (Fsp3) is 0.455. The Bertz CT molecular complexity index is 1050. The summed E-state index contributed by atoms with van der Waals surface area (Å²) >= 11 is 0. The second-order valence-corrected chi connectivity index (χ2v) is 8.01. The number of nitrogens with zero attached hydrogens (tertiary/aromatic N) is 5. The molecule has 1 aromatic carbocycles. The number of hydrogen-bond acceptors (Lipinski definition) is 5. The van der Waals surface area contributed by atoms with Gasteiger partial charge < -0.3 is 4.90 Å². The summed E-state index contributed by atoms with van der Waals surface area (Å²) in [5.41, 5.74) is 1.93. The molecule has 5 rings (SSSR count). The minimum absolute atomic E-state index is 0.0422. The van der Waals surface area contributed by atoms with Crippen LogP contribution in [0.25, 0.3) is 10.9 Å². The summed E-state index contributed by atoms with van der Waals surface area (Å²) in [6.45, 7) is 2.88. The number of fused-ring (bicyclic) bond motifs is 1. The molecule has 0 radical (unpaired) electrons. The van der Waals surface area contributed by atoms with E-state index < -0.39 is 0 Å². The van der Waals surface area contributed by atoms with Crippen LogP contribution in [0.1, 0.15) is 62.0 Å². The molecule has 0 amide bonds. The van der Waals surface area contributed by atoms with Gasteiger partial charge in [0.25, 0.3) is 5.56 Å². The molecule has 3 aromatic rings. The minimum Gasteiger partial charge on any atom is -0.331 e. The Balaban J connectivity index is 1.67. The Labute approximate surface area is 164 Å². The maximum absolute atomic E-state index is 13.5. The van der Waals surface area contributed by atoms with E-state index in [2.05, 4.69) is 14.9 Å². The zero-order valence-corrected chi connectivity index (χ0v) is 16.2. The minimum atomic E-state index is 0.0422. The van der Waals surface area contributed by atoms with Crippen molar-refractivity contribution in [1.82, 2.24) is 19.5 Å². The number of benzene rings is 1. The van der Waals surface area contributed by atoms with Gasteiger partial charge in [-0.2, -0.15) is 0 Å². The van der Waals surface area contributed by atoms with E-state index in [4.69, 9.17) is 4.98 Å². The second kappa shape index (κ2) is 7.00. The van der Waals surface area contributed by atoms with E-state index in [1.165, 1.54) is 12.8 Å². The number of hydrogen-bond donors (Lipinski definition) is 0. The molecule has 1 atom stereocenters. The van der Waals surface area contributed by atoms with Crippen molar-refractivity contribution in [3.05, 3.63) is 58.4 Å². The van der Waals surface area contributed by atoms with Crippen molar-refractivity contribution >= 4 is 16.9 Å². The molecular formula is C22H25N5O. The van der Waals surface area contributed by atoms with Crippen LogP contribution in [-0.2, 0) is 0 Å². The monoisotopic (exact) mass is 375 g/mol. The van der Waals surface area contributed by atoms with Crippen LogP contribution in [-0.4, -0.2) is 26.1 Å². The number of para-hydroxylation sites is 1. The standard InChI is InChI=1S/C22H25N5O/c1-15-13-23-22(24-14-15)26-12-6-11-19(26)20-25-18-10-5-4-9-17(18)21(28)27(20)16-7-2-3-8-16/h4-5,9-10,13-14,16,19H,2-3,6-8,11-12H2,1H3. The molecule has 1 aliphatic carbocycles. The smallest absolute Gasteiger partial charge is 0.261 e. The van der Waals surface area contributed by atoms with E-state index in [0.29, 0.717) is 5.39 Å². The summed E-state index contributed by atoms with van der Waals surface area (Å²) in [4.78, 5) is 29.8. The molecule has 6 nitrogen and oxygen atoms in total. The van der Waals surface area contributed by atoms with Crippen molar-refractivity contribution in [2.45, 2.75) is 57.5 Å². The number of aromatic nitrogens is 4. The van der Waals surface area contributed by atoms with Gasteiger partial charge in [-0.05, 0) is 50.3 Å². The zero-order chi connectivity index (χ0) is 19.1. The van der Waals surface area contributed by atoms with Gasteiger partial charge in [0, 0.05) is 25.0 Å². The van der Waals surface area contributed by atoms with E-state index in [9.17, 15) is 4.79 Å². The molecule has 2 aromatic heterocycles. The molecule has 1 unspecified atom stereocenters. The van der Waals surface area contributed by atoms with Crippen molar-refractivity contribution in [1.29, 1.82) is 0 Å². The molecular weight excluding hydrogens is 350 g/mol. The number of anilines is 1. The first kappa shape index (κ1) is 17.3. The van der Waals surface area contributed by atoms with Crippen molar-refractivity contribution in [3.63, 3.8) is 0 Å². The summed E-state index contributed by atoms with van der Waals surface area (Å²) in [5.74, 6) is 1.62. The molecule has 1 saturated carbocycles. The van der Waals surface area contributed by atoms with Crippen molar-refractivity contribution in [2.75, 3.05) is 11.4 Å². The molecule has 2 fully saturated rings. The highest BCUT2D eigenvalue weighted by molar-refractivity contribution is 5.77. The average Bonchev–Trinajstić information content (AvgIpc) is 3.40. The molecule has 0 bridgehead atoms. The predicted molar refractivity (Wildman–Crippen MR) is 110 cm³/mol. The molecule has 2 aliphatic rings. The topological polar surface area (TPSA) is 63.9 Å². The van der Waals surface area contributed by atoms with Gasteiger partial charge in [0.1, 0.15) is 5.82 Å². The summed E-state index contributed by atoms with van der Waals surface area (Å²) in [6, 6.07) is 8.01. The SMILES string of the molecule is Cc1cnc(N2CCCC2c2nc3ccccc3c(=O)n2C2CCCC2)nc1. The van der Waals surface area contributed by atoms with Gasteiger partial charge >= 0.3 is 0 Å². The number of rotatable bonds is 3. The first-order valence-electron chi connectivity index (χ1n) is 10.3. The van der Waals surface area contributed by atoms with Crippen LogP contribution in [0.3, 0.4) is 0 Å². The summed E-state index contributed by atoms with van der Waals surface area (Å²) in [5, 5.41) is 0.717. The van der Waals surface area contributed by atoms with Crippen molar-refractivity contribution < 1.29 is 0 Å². The largest absolute Gasteiger partial charge is 0.331 e. The Hall–Kier alpha value is -2.76. The fourth-order valence-corrected chi connectivity index (χ4v) is 4.72. The van der Waals surface area contributed by atoms with Crippen LogP contribution in [0.2, 0.25) is 0 Å². The maximum Gasteiger partial charge on any atom is 0.261 e. The summed E-state index contributed by atoms with van der Waals surface area (Å²) < 4.78 is 2.01. The highest BCUT2D eigenvalue weighted by Gasteiger charge is 2.34. The predicted octanol–water partition coefficient (Wildman–Crippen LogP) is 3.95. The van der Waals surface area contributed by atoms with E-state index in [-0.39, 0.29) is 17.6 Å². The van der Waals surface area contributed by atoms with E-state index >= 15 is 0 Å². The van der Waals surface area contributed by atoms with Crippen LogP contribution in [0.15, 0.2) is 41.5 Å². The van der Waals surface area contributed by atoms with E-state index in [1.807, 2.05) is 48.1 Å². The summed E-state index contributed by atoms with van der Waals surface area (Å²) in [7, 11) is 0.